The van der Waals surface area contributed by atoms with Crippen LogP contribution in [0.4, 0.5) is 4.39 Å². The van der Waals surface area contributed by atoms with Gasteiger partial charge in [0.15, 0.2) is 6.10 Å². The number of hydrazine groups is 1. The Labute approximate surface area is 126 Å². The van der Waals surface area contributed by atoms with Crippen LogP contribution in [0.3, 0.4) is 0 Å². The molecule has 114 valence electrons. The van der Waals surface area contributed by atoms with Gasteiger partial charge in [-0.25, -0.2) is 4.39 Å². The second kappa shape index (κ2) is 7.16. The molecule has 1 unspecified atom stereocenters. The van der Waals surface area contributed by atoms with Crippen molar-refractivity contribution in [2.24, 2.45) is 0 Å². The van der Waals surface area contributed by atoms with Gasteiger partial charge in [0.05, 0.1) is 0 Å². The van der Waals surface area contributed by atoms with Crippen LogP contribution in [0.1, 0.15) is 17.3 Å². The van der Waals surface area contributed by atoms with E-state index in [1.807, 2.05) is 0 Å². The summed E-state index contributed by atoms with van der Waals surface area (Å²) in [6.07, 6.45) is 2.08. The van der Waals surface area contributed by atoms with E-state index in [2.05, 4.69) is 15.8 Å². The number of amides is 2. The molecule has 2 N–H and O–H groups in total. The van der Waals surface area contributed by atoms with E-state index in [9.17, 15) is 14.0 Å². The van der Waals surface area contributed by atoms with Crippen molar-refractivity contribution in [3.63, 3.8) is 0 Å². The van der Waals surface area contributed by atoms with Crippen LogP contribution >= 0.6 is 0 Å². The molecular formula is C15H14FN3O3. The third-order valence-corrected chi connectivity index (χ3v) is 2.74. The van der Waals surface area contributed by atoms with Gasteiger partial charge >= 0.3 is 0 Å². The number of hydrogen-bond donors (Lipinski definition) is 2. The Balaban J connectivity index is 1.84. The fourth-order valence-corrected chi connectivity index (χ4v) is 1.57. The Morgan fingerprint density at radius 2 is 1.73 bits per heavy atom. The highest BCUT2D eigenvalue weighted by Gasteiger charge is 2.15. The number of carbonyl (C=O) groups is 2. The fraction of sp³-hybridized carbons (Fsp3) is 0.133. The van der Waals surface area contributed by atoms with Gasteiger partial charge in [0.1, 0.15) is 11.6 Å². The van der Waals surface area contributed by atoms with Crippen LogP contribution in [0.5, 0.6) is 5.75 Å². The van der Waals surface area contributed by atoms with Crippen LogP contribution in [0, 0.1) is 5.82 Å². The van der Waals surface area contributed by atoms with Gasteiger partial charge in [0, 0.05) is 18.0 Å². The summed E-state index contributed by atoms with van der Waals surface area (Å²) in [7, 11) is 0. The molecule has 1 atom stereocenters. The third kappa shape index (κ3) is 4.27. The lowest BCUT2D eigenvalue weighted by atomic mass is 10.2. The first-order valence-electron chi connectivity index (χ1n) is 6.48. The monoisotopic (exact) mass is 303 g/mol. The summed E-state index contributed by atoms with van der Waals surface area (Å²) in [5.74, 6) is -1.05. The number of hydrogen-bond acceptors (Lipinski definition) is 4. The summed E-state index contributed by atoms with van der Waals surface area (Å²) in [4.78, 5) is 27.3. The minimum Gasteiger partial charge on any atom is -0.481 e. The van der Waals surface area contributed by atoms with E-state index >= 15 is 0 Å². The molecule has 0 radical (unpaired) electrons. The van der Waals surface area contributed by atoms with Crippen molar-refractivity contribution in [2.75, 3.05) is 0 Å². The minimum atomic E-state index is -0.858. The number of rotatable bonds is 4. The molecule has 1 aromatic heterocycles. The van der Waals surface area contributed by atoms with Gasteiger partial charge in [-0.15, -0.1) is 0 Å². The molecule has 22 heavy (non-hydrogen) atoms. The molecular weight excluding hydrogens is 289 g/mol. The van der Waals surface area contributed by atoms with Crippen molar-refractivity contribution < 1.29 is 18.7 Å². The van der Waals surface area contributed by atoms with Gasteiger partial charge in [-0.3, -0.25) is 25.4 Å². The number of benzene rings is 1. The molecule has 0 saturated carbocycles. The molecule has 7 heteroatoms. The Bertz CT molecular complexity index is 647. The van der Waals surface area contributed by atoms with Gasteiger partial charge in [-0.1, -0.05) is 0 Å². The largest absolute Gasteiger partial charge is 0.481 e. The topological polar surface area (TPSA) is 80.3 Å². The lowest BCUT2D eigenvalue weighted by Crippen LogP contribution is -2.47. The second-order valence-corrected chi connectivity index (χ2v) is 4.39. The van der Waals surface area contributed by atoms with Crippen molar-refractivity contribution in [3.8, 4) is 5.75 Å². The lowest BCUT2D eigenvalue weighted by molar-refractivity contribution is -0.128. The highest BCUT2D eigenvalue weighted by atomic mass is 19.1. The SMILES string of the molecule is CC(Oc1ccc(F)cc1)C(=O)NNC(=O)c1ccncc1. The van der Waals surface area contributed by atoms with E-state index in [0.29, 0.717) is 11.3 Å². The number of ether oxygens (including phenoxy) is 1. The Morgan fingerprint density at radius 3 is 2.36 bits per heavy atom. The molecule has 0 bridgehead atoms. The molecule has 0 spiro atoms. The molecule has 1 heterocycles. The van der Waals surface area contributed by atoms with Crippen molar-refractivity contribution >= 4 is 11.8 Å². The number of nitrogens with zero attached hydrogens (tertiary/aromatic N) is 1. The van der Waals surface area contributed by atoms with Crippen LogP contribution < -0.4 is 15.6 Å². The minimum absolute atomic E-state index is 0.351. The van der Waals surface area contributed by atoms with Crippen LogP contribution in [-0.4, -0.2) is 22.9 Å². The van der Waals surface area contributed by atoms with Gasteiger partial charge in [0.25, 0.3) is 11.8 Å². The summed E-state index contributed by atoms with van der Waals surface area (Å²) in [6, 6.07) is 8.31. The molecule has 0 saturated heterocycles. The maximum absolute atomic E-state index is 12.8. The summed E-state index contributed by atoms with van der Waals surface area (Å²) in [6.45, 7) is 1.51. The van der Waals surface area contributed by atoms with E-state index < -0.39 is 23.7 Å². The predicted molar refractivity (Wildman–Crippen MR) is 76.3 cm³/mol. The van der Waals surface area contributed by atoms with E-state index in [4.69, 9.17) is 4.74 Å². The van der Waals surface area contributed by atoms with E-state index in [0.717, 1.165) is 0 Å². The molecule has 2 rings (SSSR count). The summed E-state index contributed by atoms with van der Waals surface area (Å²) >= 11 is 0. The van der Waals surface area contributed by atoms with Gasteiger partial charge < -0.3 is 4.74 Å². The maximum Gasteiger partial charge on any atom is 0.279 e. The molecule has 2 aromatic rings. The second-order valence-electron chi connectivity index (χ2n) is 4.39. The summed E-state index contributed by atoms with van der Waals surface area (Å²) in [5, 5.41) is 0. The average Bonchev–Trinajstić information content (AvgIpc) is 2.55. The lowest BCUT2D eigenvalue weighted by Gasteiger charge is -2.15. The molecule has 2 amide bonds. The third-order valence-electron chi connectivity index (χ3n) is 2.74. The molecule has 6 nitrogen and oxygen atoms in total. The summed E-state index contributed by atoms with van der Waals surface area (Å²) in [5.41, 5.74) is 4.89. The number of pyridine rings is 1. The van der Waals surface area contributed by atoms with E-state index in [-0.39, 0.29) is 0 Å². The predicted octanol–water partition coefficient (Wildman–Crippen LogP) is 1.45. The zero-order valence-electron chi connectivity index (χ0n) is 11.7. The van der Waals surface area contributed by atoms with Crippen LogP contribution in [-0.2, 0) is 4.79 Å². The smallest absolute Gasteiger partial charge is 0.279 e. The van der Waals surface area contributed by atoms with E-state index in [1.165, 1.54) is 55.7 Å². The first-order valence-corrected chi connectivity index (χ1v) is 6.48. The van der Waals surface area contributed by atoms with E-state index in [1.54, 1.807) is 0 Å². The van der Waals surface area contributed by atoms with Crippen molar-refractivity contribution in [1.29, 1.82) is 0 Å². The Kier molecular flexibility index (Phi) is 5.02. The number of aromatic nitrogens is 1. The highest BCUT2D eigenvalue weighted by molar-refractivity contribution is 5.95. The van der Waals surface area contributed by atoms with Crippen molar-refractivity contribution in [3.05, 3.63) is 60.2 Å². The quantitative estimate of drug-likeness (QED) is 0.838. The molecule has 0 aliphatic rings. The molecule has 0 aliphatic heterocycles. The van der Waals surface area contributed by atoms with Gasteiger partial charge in [-0.05, 0) is 43.3 Å². The standard InChI is InChI=1S/C15H14FN3O3/c1-10(22-13-4-2-12(16)3-5-13)14(20)18-19-15(21)11-6-8-17-9-7-11/h2-10H,1H3,(H,18,20)(H,19,21). The first-order chi connectivity index (χ1) is 10.6. The maximum atomic E-state index is 12.8. The van der Waals surface area contributed by atoms with Crippen LogP contribution in [0.2, 0.25) is 0 Å². The molecule has 0 aliphatic carbocycles. The number of nitrogens with one attached hydrogen (secondary N) is 2. The number of halogens is 1. The van der Waals surface area contributed by atoms with Gasteiger partial charge in [0.2, 0.25) is 0 Å². The molecule has 1 aromatic carbocycles. The zero-order valence-corrected chi connectivity index (χ0v) is 11.7. The Morgan fingerprint density at radius 1 is 1.09 bits per heavy atom. The number of carbonyl (C=O) groups excluding carboxylic acids is 2. The van der Waals surface area contributed by atoms with Gasteiger partial charge in [-0.2, -0.15) is 0 Å². The fourth-order valence-electron chi connectivity index (χ4n) is 1.57. The van der Waals surface area contributed by atoms with Crippen molar-refractivity contribution in [1.82, 2.24) is 15.8 Å². The normalized spacial score (nSPS) is 11.4. The molecule has 0 fully saturated rings. The average molecular weight is 303 g/mol. The Hall–Kier alpha value is -2.96. The summed E-state index contributed by atoms with van der Waals surface area (Å²) < 4.78 is 18.1. The zero-order chi connectivity index (χ0) is 15.9. The van der Waals surface area contributed by atoms with Crippen LogP contribution in [0.15, 0.2) is 48.8 Å². The van der Waals surface area contributed by atoms with Crippen molar-refractivity contribution in [2.45, 2.75) is 13.0 Å². The highest BCUT2D eigenvalue weighted by Crippen LogP contribution is 2.12. The first kappa shape index (κ1) is 15.4. The van der Waals surface area contributed by atoms with Crippen LogP contribution in [0.25, 0.3) is 0 Å².